The first-order valence-electron chi connectivity index (χ1n) is 11.1. The number of rotatable bonds is 5. The number of ether oxygens (including phenoxy) is 2. The van der Waals surface area contributed by atoms with E-state index in [1.165, 1.54) is 7.11 Å². The summed E-state index contributed by atoms with van der Waals surface area (Å²) in [5.74, 6) is -0.260. The van der Waals surface area contributed by atoms with Gasteiger partial charge in [-0.15, -0.1) is 0 Å². The number of carbonyl (C=O) groups is 3. The molecular formula is C23H32ClN3O5. The Kier molecular flexibility index (Phi) is 7.64. The Labute approximate surface area is 194 Å². The van der Waals surface area contributed by atoms with Crippen molar-refractivity contribution in [2.75, 3.05) is 31.6 Å². The average molecular weight is 466 g/mol. The van der Waals surface area contributed by atoms with Crippen molar-refractivity contribution in [2.45, 2.75) is 65.0 Å². The molecule has 0 saturated carbocycles. The van der Waals surface area contributed by atoms with Crippen molar-refractivity contribution >= 4 is 35.3 Å². The summed E-state index contributed by atoms with van der Waals surface area (Å²) in [5.41, 5.74) is 0.230. The van der Waals surface area contributed by atoms with Crippen LogP contribution in [-0.2, 0) is 25.6 Å². The molecule has 0 atom stereocenters. The van der Waals surface area contributed by atoms with Gasteiger partial charge in [-0.05, 0) is 52.5 Å². The molecule has 3 rings (SSSR count). The summed E-state index contributed by atoms with van der Waals surface area (Å²) < 4.78 is 10.4. The van der Waals surface area contributed by atoms with Crippen LogP contribution in [0.3, 0.4) is 0 Å². The van der Waals surface area contributed by atoms with E-state index in [1.54, 1.807) is 11.0 Å². The normalized spacial score (nSPS) is 18.0. The van der Waals surface area contributed by atoms with Gasteiger partial charge in [0.15, 0.2) is 0 Å². The van der Waals surface area contributed by atoms with Crippen LogP contribution < -0.4 is 4.90 Å². The van der Waals surface area contributed by atoms with Gasteiger partial charge in [0.25, 0.3) is 0 Å². The molecule has 0 radical (unpaired) electrons. The number of hydrogen-bond acceptors (Lipinski definition) is 7. The second kappa shape index (κ2) is 10.1. The fourth-order valence-corrected chi connectivity index (χ4v) is 4.34. The number of amides is 1. The first kappa shape index (κ1) is 24.3. The number of piperidine rings is 2. The zero-order valence-electron chi connectivity index (χ0n) is 19.3. The molecule has 32 heavy (non-hydrogen) atoms. The second-order valence-electron chi connectivity index (χ2n) is 9.35. The molecule has 0 unspecified atom stereocenters. The molecular weight excluding hydrogens is 434 g/mol. The fraction of sp³-hybridized carbons (Fsp3) is 0.652. The van der Waals surface area contributed by atoms with Crippen LogP contribution in [0.1, 0.15) is 68.9 Å². The van der Waals surface area contributed by atoms with Crippen molar-refractivity contribution in [3.8, 4) is 0 Å². The van der Waals surface area contributed by atoms with Crippen molar-refractivity contribution in [3.05, 3.63) is 22.3 Å². The molecule has 0 bridgehead atoms. The molecule has 2 aliphatic rings. The summed E-state index contributed by atoms with van der Waals surface area (Å²) in [6, 6.07) is 1.57. The molecule has 8 nitrogen and oxygen atoms in total. The number of nitrogens with zero attached hydrogens (tertiary/aromatic N) is 3. The lowest BCUT2D eigenvalue weighted by atomic mass is 9.96. The molecule has 2 fully saturated rings. The van der Waals surface area contributed by atoms with Gasteiger partial charge in [-0.2, -0.15) is 0 Å². The summed E-state index contributed by atoms with van der Waals surface area (Å²) in [6.45, 7) is 7.65. The maximum atomic E-state index is 12.4. The van der Waals surface area contributed by atoms with E-state index < -0.39 is 11.6 Å². The van der Waals surface area contributed by atoms with Gasteiger partial charge in [0, 0.05) is 26.1 Å². The van der Waals surface area contributed by atoms with E-state index in [2.05, 4.69) is 0 Å². The lowest BCUT2D eigenvalue weighted by Gasteiger charge is -2.34. The molecule has 0 N–H and O–H groups in total. The molecule has 9 heteroatoms. The van der Waals surface area contributed by atoms with Crippen LogP contribution in [0, 0.1) is 5.92 Å². The van der Waals surface area contributed by atoms with Crippen molar-refractivity contribution < 1.29 is 23.9 Å². The minimum absolute atomic E-state index is 0.0588. The van der Waals surface area contributed by atoms with Gasteiger partial charge in [0.05, 0.1) is 35.9 Å². The Balaban J connectivity index is 1.79. The number of carbonyl (C=O) groups excluding carboxylic acids is 3. The minimum atomic E-state index is -0.533. The van der Waals surface area contributed by atoms with E-state index in [4.69, 9.17) is 26.1 Å². The Morgan fingerprint density at radius 2 is 1.88 bits per heavy atom. The SMILES string of the molecule is COC(=O)c1cc(Cl)c(N2CCC(C(=O)OC(C)(C)C)CC2)nc1CN1CCCCC1=O. The van der Waals surface area contributed by atoms with Crippen molar-refractivity contribution in [1.29, 1.82) is 0 Å². The Hall–Kier alpha value is -2.35. The van der Waals surface area contributed by atoms with Gasteiger partial charge >= 0.3 is 11.9 Å². The van der Waals surface area contributed by atoms with E-state index in [9.17, 15) is 14.4 Å². The van der Waals surface area contributed by atoms with Crippen LogP contribution in [0.25, 0.3) is 0 Å². The smallest absolute Gasteiger partial charge is 0.339 e. The highest BCUT2D eigenvalue weighted by Crippen LogP contribution is 2.32. The topological polar surface area (TPSA) is 89.0 Å². The van der Waals surface area contributed by atoms with Gasteiger partial charge in [-0.1, -0.05) is 11.6 Å². The largest absolute Gasteiger partial charge is 0.465 e. The number of aromatic nitrogens is 1. The molecule has 1 amide bonds. The first-order chi connectivity index (χ1) is 15.1. The molecule has 0 aliphatic carbocycles. The minimum Gasteiger partial charge on any atom is -0.465 e. The molecule has 0 spiro atoms. The maximum absolute atomic E-state index is 12.4. The monoisotopic (exact) mass is 465 g/mol. The highest BCUT2D eigenvalue weighted by Gasteiger charge is 2.31. The van der Waals surface area contributed by atoms with Gasteiger partial charge in [-0.25, -0.2) is 9.78 Å². The number of anilines is 1. The summed E-state index contributed by atoms with van der Waals surface area (Å²) in [6.07, 6.45) is 3.58. The van der Waals surface area contributed by atoms with Gasteiger partial charge in [-0.3, -0.25) is 9.59 Å². The number of hydrogen-bond donors (Lipinski definition) is 0. The summed E-state index contributed by atoms with van der Waals surface area (Å²) in [5, 5.41) is 0.342. The molecule has 2 aliphatic heterocycles. The van der Waals surface area contributed by atoms with Crippen molar-refractivity contribution in [1.82, 2.24) is 9.88 Å². The molecule has 1 aromatic rings. The second-order valence-corrected chi connectivity index (χ2v) is 9.75. The van der Waals surface area contributed by atoms with E-state index in [-0.39, 0.29) is 29.9 Å². The van der Waals surface area contributed by atoms with E-state index in [1.807, 2.05) is 25.7 Å². The predicted octanol–water partition coefficient (Wildman–Crippen LogP) is 3.59. The fourth-order valence-electron chi connectivity index (χ4n) is 4.07. The predicted molar refractivity (Wildman–Crippen MR) is 121 cm³/mol. The third-order valence-electron chi connectivity index (χ3n) is 5.74. The zero-order chi connectivity index (χ0) is 23.5. The molecule has 176 valence electrons. The number of halogens is 1. The third kappa shape index (κ3) is 5.91. The maximum Gasteiger partial charge on any atom is 0.339 e. The first-order valence-corrected chi connectivity index (χ1v) is 11.5. The van der Waals surface area contributed by atoms with Crippen LogP contribution in [0.5, 0.6) is 0 Å². The van der Waals surface area contributed by atoms with E-state index in [0.717, 1.165) is 12.8 Å². The number of likely N-dealkylation sites (tertiary alicyclic amines) is 1. The molecule has 3 heterocycles. The standard InChI is InChI=1S/C23H32ClN3O5/c1-23(2,3)32-21(29)15-8-11-26(12-9-15)20-17(24)13-16(22(30)31-4)18(25-20)14-27-10-6-5-7-19(27)28/h13,15H,5-12,14H2,1-4H3. The molecule has 0 aromatic carbocycles. The summed E-state index contributed by atoms with van der Waals surface area (Å²) in [7, 11) is 1.31. The lowest BCUT2D eigenvalue weighted by Crippen LogP contribution is -2.39. The van der Waals surface area contributed by atoms with Gasteiger partial charge in [0.1, 0.15) is 11.4 Å². The lowest BCUT2D eigenvalue weighted by molar-refractivity contribution is -0.160. The van der Waals surface area contributed by atoms with Gasteiger partial charge < -0.3 is 19.3 Å². The molecule has 1 aromatic heterocycles. The Morgan fingerprint density at radius 3 is 2.47 bits per heavy atom. The summed E-state index contributed by atoms with van der Waals surface area (Å²) >= 11 is 6.51. The van der Waals surface area contributed by atoms with Gasteiger partial charge in [0.2, 0.25) is 5.91 Å². The highest BCUT2D eigenvalue weighted by atomic mass is 35.5. The molecule has 2 saturated heterocycles. The van der Waals surface area contributed by atoms with Crippen molar-refractivity contribution in [2.24, 2.45) is 5.92 Å². The zero-order valence-corrected chi connectivity index (χ0v) is 20.0. The number of esters is 2. The van der Waals surface area contributed by atoms with Crippen LogP contribution in [0.4, 0.5) is 5.82 Å². The quantitative estimate of drug-likeness (QED) is 0.614. The number of methoxy groups -OCH3 is 1. The Morgan fingerprint density at radius 1 is 1.19 bits per heavy atom. The third-order valence-corrected chi connectivity index (χ3v) is 6.02. The average Bonchev–Trinajstić information content (AvgIpc) is 2.74. The Bertz CT molecular complexity index is 875. The number of pyridine rings is 1. The van der Waals surface area contributed by atoms with Crippen LogP contribution >= 0.6 is 11.6 Å². The van der Waals surface area contributed by atoms with Crippen molar-refractivity contribution in [3.63, 3.8) is 0 Å². The van der Waals surface area contributed by atoms with E-state index >= 15 is 0 Å². The van der Waals surface area contributed by atoms with E-state index in [0.29, 0.717) is 55.4 Å². The van der Waals surface area contributed by atoms with Crippen LogP contribution in [-0.4, -0.2) is 60.1 Å². The highest BCUT2D eigenvalue weighted by molar-refractivity contribution is 6.33. The summed E-state index contributed by atoms with van der Waals surface area (Å²) in [4.78, 5) is 45.5. The van der Waals surface area contributed by atoms with Crippen LogP contribution in [0.2, 0.25) is 5.02 Å². The van der Waals surface area contributed by atoms with Crippen LogP contribution in [0.15, 0.2) is 6.07 Å².